The highest BCUT2D eigenvalue weighted by atomic mass is 16.4. The van der Waals surface area contributed by atoms with E-state index in [1.807, 2.05) is 0 Å². The molecular formula is C12H26N2O2. The minimum absolute atomic E-state index is 0.276. The van der Waals surface area contributed by atoms with E-state index in [2.05, 4.69) is 31.0 Å². The summed E-state index contributed by atoms with van der Waals surface area (Å²) in [5.41, 5.74) is -0.833. The Morgan fingerprint density at radius 1 is 1.50 bits per heavy atom. The second-order valence-electron chi connectivity index (χ2n) is 4.57. The quantitative estimate of drug-likeness (QED) is 0.664. The zero-order chi connectivity index (χ0) is 12.8. The van der Waals surface area contributed by atoms with Gasteiger partial charge in [0.05, 0.1) is 0 Å². The molecule has 2 unspecified atom stereocenters. The minimum atomic E-state index is -0.833. The van der Waals surface area contributed by atoms with E-state index in [-0.39, 0.29) is 6.04 Å². The average Bonchev–Trinajstić information content (AvgIpc) is 2.25. The maximum absolute atomic E-state index is 11.2. The molecule has 0 radical (unpaired) electrons. The summed E-state index contributed by atoms with van der Waals surface area (Å²) in [6.45, 7) is 10.1. The second-order valence-corrected chi connectivity index (χ2v) is 4.57. The van der Waals surface area contributed by atoms with Crippen LogP contribution in [-0.2, 0) is 4.79 Å². The average molecular weight is 230 g/mol. The molecule has 0 aliphatic rings. The fourth-order valence-corrected chi connectivity index (χ4v) is 1.99. The number of likely N-dealkylation sites (N-methyl/N-ethyl adjacent to an activating group) is 1. The van der Waals surface area contributed by atoms with E-state index in [9.17, 15) is 9.90 Å². The Balaban J connectivity index is 4.49. The van der Waals surface area contributed by atoms with Crippen LogP contribution < -0.4 is 5.32 Å². The Bertz CT molecular complexity index is 221. The molecule has 2 atom stereocenters. The molecule has 0 aliphatic heterocycles. The molecule has 2 N–H and O–H groups in total. The summed E-state index contributed by atoms with van der Waals surface area (Å²) in [4.78, 5) is 13.5. The molecule has 4 nitrogen and oxygen atoms in total. The van der Waals surface area contributed by atoms with E-state index in [1.54, 1.807) is 14.0 Å². The molecule has 0 aromatic rings. The molecule has 0 bridgehead atoms. The van der Waals surface area contributed by atoms with Crippen molar-refractivity contribution in [3.05, 3.63) is 0 Å². The third kappa shape index (κ3) is 4.10. The lowest BCUT2D eigenvalue weighted by atomic mass is 9.93. The highest BCUT2D eigenvalue weighted by Gasteiger charge is 2.33. The lowest BCUT2D eigenvalue weighted by Gasteiger charge is -2.34. The predicted molar refractivity (Wildman–Crippen MR) is 66.7 cm³/mol. The Morgan fingerprint density at radius 3 is 2.38 bits per heavy atom. The first-order chi connectivity index (χ1) is 7.41. The lowest BCUT2D eigenvalue weighted by Crippen LogP contribution is -2.52. The SMILES string of the molecule is CCCN(CC)C(C)CC(C)(NC)C(=O)O. The maximum Gasteiger partial charge on any atom is 0.323 e. The number of rotatable bonds is 8. The Kier molecular flexibility index (Phi) is 6.60. The molecule has 0 fully saturated rings. The third-order valence-corrected chi connectivity index (χ3v) is 3.27. The Hall–Kier alpha value is -0.610. The van der Waals surface area contributed by atoms with Gasteiger partial charge in [-0.3, -0.25) is 4.79 Å². The molecule has 0 aromatic heterocycles. The van der Waals surface area contributed by atoms with E-state index < -0.39 is 11.5 Å². The Morgan fingerprint density at radius 2 is 2.06 bits per heavy atom. The van der Waals surface area contributed by atoms with Crippen LogP contribution in [0.2, 0.25) is 0 Å². The highest BCUT2D eigenvalue weighted by Crippen LogP contribution is 2.16. The van der Waals surface area contributed by atoms with Crippen molar-refractivity contribution in [3.8, 4) is 0 Å². The number of carboxylic acid groups (broad SMARTS) is 1. The van der Waals surface area contributed by atoms with Crippen molar-refractivity contribution in [1.29, 1.82) is 0 Å². The molecule has 0 aromatic carbocycles. The minimum Gasteiger partial charge on any atom is -0.480 e. The summed E-state index contributed by atoms with van der Waals surface area (Å²) in [7, 11) is 1.71. The van der Waals surface area contributed by atoms with Crippen molar-refractivity contribution in [2.45, 2.75) is 52.1 Å². The van der Waals surface area contributed by atoms with Gasteiger partial charge in [0, 0.05) is 6.04 Å². The predicted octanol–water partition coefficient (Wildman–Crippen LogP) is 1.56. The molecule has 0 spiro atoms. The number of nitrogens with zero attached hydrogens (tertiary/aromatic N) is 1. The van der Waals surface area contributed by atoms with Gasteiger partial charge < -0.3 is 15.3 Å². The zero-order valence-electron chi connectivity index (χ0n) is 11.2. The summed E-state index contributed by atoms with van der Waals surface area (Å²) >= 11 is 0. The molecule has 96 valence electrons. The van der Waals surface area contributed by atoms with Crippen molar-refractivity contribution in [2.75, 3.05) is 20.1 Å². The van der Waals surface area contributed by atoms with Gasteiger partial charge in [0.2, 0.25) is 0 Å². The van der Waals surface area contributed by atoms with E-state index in [1.165, 1.54) is 0 Å². The van der Waals surface area contributed by atoms with Gasteiger partial charge in [0.25, 0.3) is 0 Å². The van der Waals surface area contributed by atoms with Crippen molar-refractivity contribution in [3.63, 3.8) is 0 Å². The van der Waals surface area contributed by atoms with Crippen LogP contribution in [0.4, 0.5) is 0 Å². The van der Waals surface area contributed by atoms with Crippen LogP contribution in [0.3, 0.4) is 0 Å². The summed E-state index contributed by atoms with van der Waals surface area (Å²) in [6, 6.07) is 0.276. The molecule has 0 saturated carbocycles. The largest absolute Gasteiger partial charge is 0.480 e. The van der Waals surface area contributed by atoms with Crippen molar-refractivity contribution < 1.29 is 9.90 Å². The molecule has 0 saturated heterocycles. The molecular weight excluding hydrogens is 204 g/mol. The summed E-state index contributed by atoms with van der Waals surface area (Å²) < 4.78 is 0. The number of hydrogen-bond donors (Lipinski definition) is 2. The first kappa shape index (κ1) is 15.4. The molecule has 4 heteroatoms. The van der Waals surface area contributed by atoms with Gasteiger partial charge in [-0.1, -0.05) is 13.8 Å². The van der Waals surface area contributed by atoms with E-state index in [0.717, 1.165) is 19.5 Å². The molecule has 0 amide bonds. The smallest absolute Gasteiger partial charge is 0.323 e. The Labute approximate surface area is 99.0 Å². The number of hydrogen-bond acceptors (Lipinski definition) is 3. The summed E-state index contributed by atoms with van der Waals surface area (Å²) in [5.74, 6) is -0.783. The second kappa shape index (κ2) is 6.86. The number of nitrogens with one attached hydrogen (secondary N) is 1. The van der Waals surface area contributed by atoms with E-state index >= 15 is 0 Å². The molecule has 16 heavy (non-hydrogen) atoms. The van der Waals surface area contributed by atoms with Gasteiger partial charge in [0.15, 0.2) is 0 Å². The van der Waals surface area contributed by atoms with Gasteiger partial charge in [-0.2, -0.15) is 0 Å². The van der Waals surface area contributed by atoms with Crippen LogP contribution in [-0.4, -0.2) is 47.7 Å². The van der Waals surface area contributed by atoms with E-state index in [0.29, 0.717) is 6.42 Å². The molecule has 0 aliphatic carbocycles. The molecule has 0 rings (SSSR count). The number of carbonyl (C=O) groups is 1. The monoisotopic (exact) mass is 230 g/mol. The molecule has 0 heterocycles. The number of carboxylic acids is 1. The maximum atomic E-state index is 11.2. The standard InChI is InChI=1S/C12H26N2O2/c1-6-8-14(7-2)10(3)9-12(4,13-5)11(15)16/h10,13H,6-9H2,1-5H3,(H,15,16). The van der Waals surface area contributed by atoms with Crippen LogP contribution in [0.5, 0.6) is 0 Å². The number of aliphatic carboxylic acids is 1. The first-order valence-electron chi connectivity index (χ1n) is 6.07. The topological polar surface area (TPSA) is 52.6 Å². The first-order valence-corrected chi connectivity index (χ1v) is 6.07. The third-order valence-electron chi connectivity index (χ3n) is 3.27. The summed E-state index contributed by atoms with van der Waals surface area (Å²) in [5, 5.41) is 12.1. The lowest BCUT2D eigenvalue weighted by molar-refractivity contribution is -0.144. The van der Waals surface area contributed by atoms with Crippen molar-refractivity contribution >= 4 is 5.97 Å². The van der Waals surface area contributed by atoms with Crippen LogP contribution >= 0.6 is 0 Å². The van der Waals surface area contributed by atoms with Gasteiger partial charge in [-0.15, -0.1) is 0 Å². The summed E-state index contributed by atoms with van der Waals surface area (Å²) in [6.07, 6.45) is 1.72. The van der Waals surface area contributed by atoms with Crippen LogP contribution in [0.1, 0.15) is 40.5 Å². The fourth-order valence-electron chi connectivity index (χ4n) is 1.99. The van der Waals surface area contributed by atoms with Crippen LogP contribution in [0, 0.1) is 0 Å². The highest BCUT2D eigenvalue weighted by molar-refractivity contribution is 5.78. The van der Waals surface area contributed by atoms with Crippen LogP contribution in [0.25, 0.3) is 0 Å². The zero-order valence-corrected chi connectivity index (χ0v) is 11.2. The normalized spacial score (nSPS) is 17.1. The van der Waals surface area contributed by atoms with Crippen molar-refractivity contribution in [2.24, 2.45) is 0 Å². The van der Waals surface area contributed by atoms with Gasteiger partial charge in [-0.05, 0) is 46.8 Å². The fraction of sp³-hybridized carbons (Fsp3) is 0.917. The van der Waals surface area contributed by atoms with Gasteiger partial charge in [-0.25, -0.2) is 0 Å². The van der Waals surface area contributed by atoms with Crippen molar-refractivity contribution in [1.82, 2.24) is 10.2 Å². The van der Waals surface area contributed by atoms with Crippen LogP contribution in [0.15, 0.2) is 0 Å². The van der Waals surface area contributed by atoms with Gasteiger partial charge >= 0.3 is 5.97 Å². The van der Waals surface area contributed by atoms with Gasteiger partial charge in [0.1, 0.15) is 5.54 Å². The van der Waals surface area contributed by atoms with E-state index in [4.69, 9.17) is 0 Å².